The van der Waals surface area contributed by atoms with Gasteiger partial charge in [0.1, 0.15) is 5.75 Å². The number of hydrogen-bond acceptors (Lipinski definition) is 3. The van der Waals surface area contributed by atoms with E-state index in [0.717, 1.165) is 24.1 Å². The van der Waals surface area contributed by atoms with Crippen molar-refractivity contribution in [3.05, 3.63) is 27.7 Å². The first-order valence-corrected chi connectivity index (χ1v) is 7.33. The number of carbonyl (C=O) groups excluding carboxylic acids is 1. The second kappa shape index (κ2) is 6.59. The first kappa shape index (κ1) is 14.6. The minimum atomic E-state index is -0.00649. The highest BCUT2D eigenvalue weighted by Gasteiger charge is 2.23. The summed E-state index contributed by atoms with van der Waals surface area (Å²) in [6, 6.07) is 5.53. The molecule has 1 N–H and O–H groups in total. The molecule has 1 atom stereocenters. The number of ether oxygens (including phenoxy) is 1. The zero-order valence-electron chi connectivity index (χ0n) is 10.7. The van der Waals surface area contributed by atoms with Crippen molar-refractivity contribution in [2.45, 2.75) is 13.0 Å². The van der Waals surface area contributed by atoms with Gasteiger partial charge in [-0.05, 0) is 25.1 Å². The van der Waals surface area contributed by atoms with Gasteiger partial charge in [0.05, 0.1) is 5.02 Å². The number of amides is 1. The van der Waals surface area contributed by atoms with Crippen LogP contribution in [0.5, 0.6) is 5.75 Å². The molecule has 6 heteroatoms. The van der Waals surface area contributed by atoms with Crippen molar-refractivity contribution in [1.82, 2.24) is 10.2 Å². The van der Waals surface area contributed by atoms with E-state index in [2.05, 4.69) is 21.2 Å². The standard InChI is InChI=1S/C13H16BrClN2O2/c1-9-7-16-4-5-17(9)13(18)8-19-12-3-2-10(14)6-11(12)15/h2-3,6,9,16H,4-5,7-8H2,1H3/t9-/m0/s1. The molecular formula is C13H16BrClN2O2. The summed E-state index contributed by atoms with van der Waals surface area (Å²) in [5.41, 5.74) is 0. The number of piperazine rings is 1. The smallest absolute Gasteiger partial charge is 0.260 e. The average Bonchev–Trinajstić information content (AvgIpc) is 2.38. The monoisotopic (exact) mass is 346 g/mol. The van der Waals surface area contributed by atoms with E-state index in [-0.39, 0.29) is 18.6 Å². The lowest BCUT2D eigenvalue weighted by Gasteiger charge is -2.33. The Balaban J connectivity index is 1.92. The fourth-order valence-electron chi connectivity index (χ4n) is 2.03. The van der Waals surface area contributed by atoms with E-state index in [9.17, 15) is 4.79 Å². The normalized spacial score (nSPS) is 19.3. The molecule has 0 saturated carbocycles. The largest absolute Gasteiger partial charge is 0.482 e. The van der Waals surface area contributed by atoms with Crippen molar-refractivity contribution in [2.75, 3.05) is 26.2 Å². The average molecular weight is 348 g/mol. The molecule has 0 bridgehead atoms. The second-order valence-electron chi connectivity index (χ2n) is 4.50. The zero-order valence-corrected chi connectivity index (χ0v) is 13.0. The Bertz CT molecular complexity index is 470. The SMILES string of the molecule is C[C@H]1CNCCN1C(=O)COc1ccc(Br)cc1Cl. The van der Waals surface area contributed by atoms with Crippen molar-refractivity contribution in [1.29, 1.82) is 0 Å². The summed E-state index contributed by atoms with van der Waals surface area (Å²) in [6.45, 7) is 4.42. The molecule has 0 unspecified atom stereocenters. The van der Waals surface area contributed by atoms with Crippen molar-refractivity contribution < 1.29 is 9.53 Å². The minimum Gasteiger partial charge on any atom is -0.482 e. The van der Waals surface area contributed by atoms with Gasteiger partial charge in [-0.25, -0.2) is 0 Å². The molecule has 1 saturated heterocycles. The van der Waals surface area contributed by atoms with Crippen LogP contribution in [0.4, 0.5) is 0 Å². The number of benzene rings is 1. The molecule has 1 aliphatic rings. The molecule has 2 rings (SSSR count). The molecule has 0 aromatic heterocycles. The van der Waals surface area contributed by atoms with Crippen LogP contribution in [0.15, 0.2) is 22.7 Å². The first-order chi connectivity index (χ1) is 9.08. The molecule has 104 valence electrons. The van der Waals surface area contributed by atoms with Crippen molar-refractivity contribution in [3.63, 3.8) is 0 Å². The van der Waals surface area contributed by atoms with Gasteiger partial charge in [0.15, 0.2) is 6.61 Å². The summed E-state index contributed by atoms with van der Waals surface area (Å²) in [5.74, 6) is 0.522. The Hall–Kier alpha value is -0.780. The molecule has 1 amide bonds. The maximum Gasteiger partial charge on any atom is 0.260 e. The third-order valence-corrected chi connectivity index (χ3v) is 3.86. The number of rotatable bonds is 3. The van der Waals surface area contributed by atoms with Gasteiger partial charge in [0, 0.05) is 30.1 Å². The van der Waals surface area contributed by atoms with E-state index < -0.39 is 0 Å². The van der Waals surface area contributed by atoms with Crippen LogP contribution < -0.4 is 10.1 Å². The van der Waals surface area contributed by atoms with E-state index in [4.69, 9.17) is 16.3 Å². The molecule has 1 aromatic carbocycles. The van der Waals surface area contributed by atoms with Crippen LogP contribution in [0, 0.1) is 0 Å². The Morgan fingerprint density at radius 3 is 3.11 bits per heavy atom. The second-order valence-corrected chi connectivity index (χ2v) is 5.83. The van der Waals surface area contributed by atoms with Crippen LogP contribution in [0.1, 0.15) is 6.92 Å². The molecule has 1 aromatic rings. The van der Waals surface area contributed by atoms with Crippen LogP contribution in [0.2, 0.25) is 5.02 Å². The molecule has 0 aliphatic carbocycles. The Morgan fingerprint density at radius 1 is 1.63 bits per heavy atom. The summed E-state index contributed by atoms with van der Waals surface area (Å²) in [6.07, 6.45) is 0. The zero-order chi connectivity index (χ0) is 13.8. The predicted octanol–water partition coefficient (Wildman–Crippen LogP) is 2.30. The quantitative estimate of drug-likeness (QED) is 0.912. The highest BCUT2D eigenvalue weighted by atomic mass is 79.9. The maximum atomic E-state index is 12.1. The van der Waals surface area contributed by atoms with E-state index in [1.165, 1.54) is 0 Å². The van der Waals surface area contributed by atoms with E-state index in [1.807, 2.05) is 17.9 Å². The molecular weight excluding hydrogens is 332 g/mol. The lowest BCUT2D eigenvalue weighted by atomic mass is 10.2. The van der Waals surface area contributed by atoms with Gasteiger partial charge >= 0.3 is 0 Å². The van der Waals surface area contributed by atoms with Crippen LogP contribution in [-0.4, -0.2) is 43.1 Å². The van der Waals surface area contributed by atoms with Crippen LogP contribution in [0.25, 0.3) is 0 Å². The summed E-state index contributed by atoms with van der Waals surface area (Å²) in [5, 5.41) is 3.74. The molecule has 1 heterocycles. The van der Waals surface area contributed by atoms with Gasteiger partial charge in [-0.3, -0.25) is 4.79 Å². The number of nitrogens with one attached hydrogen (secondary N) is 1. The van der Waals surface area contributed by atoms with Gasteiger partial charge in [-0.1, -0.05) is 27.5 Å². The minimum absolute atomic E-state index is 0.00649. The van der Waals surface area contributed by atoms with Gasteiger partial charge in [-0.2, -0.15) is 0 Å². The number of halogens is 2. The van der Waals surface area contributed by atoms with Crippen LogP contribution >= 0.6 is 27.5 Å². The van der Waals surface area contributed by atoms with Crippen molar-refractivity contribution in [2.24, 2.45) is 0 Å². The fourth-order valence-corrected chi connectivity index (χ4v) is 2.75. The van der Waals surface area contributed by atoms with Crippen LogP contribution in [0.3, 0.4) is 0 Å². The highest BCUT2D eigenvalue weighted by molar-refractivity contribution is 9.10. The molecule has 1 aliphatic heterocycles. The topological polar surface area (TPSA) is 41.6 Å². The summed E-state index contributed by atoms with van der Waals surface area (Å²) in [4.78, 5) is 13.9. The van der Waals surface area contributed by atoms with E-state index in [1.54, 1.807) is 12.1 Å². The van der Waals surface area contributed by atoms with Crippen molar-refractivity contribution in [3.8, 4) is 5.75 Å². The van der Waals surface area contributed by atoms with E-state index >= 15 is 0 Å². The van der Waals surface area contributed by atoms with E-state index in [0.29, 0.717) is 10.8 Å². The maximum absolute atomic E-state index is 12.1. The first-order valence-electron chi connectivity index (χ1n) is 6.16. The van der Waals surface area contributed by atoms with Gasteiger partial charge in [0.25, 0.3) is 5.91 Å². The molecule has 4 nitrogen and oxygen atoms in total. The summed E-state index contributed by atoms with van der Waals surface area (Å²) >= 11 is 9.36. The predicted molar refractivity (Wildman–Crippen MR) is 78.7 cm³/mol. The van der Waals surface area contributed by atoms with Crippen molar-refractivity contribution >= 4 is 33.4 Å². The number of carbonyl (C=O) groups is 1. The Labute approximate surface area is 126 Å². The molecule has 0 spiro atoms. The Kier molecular flexibility index (Phi) is 5.07. The van der Waals surface area contributed by atoms with Gasteiger partial charge in [0.2, 0.25) is 0 Å². The van der Waals surface area contributed by atoms with Gasteiger partial charge in [-0.15, -0.1) is 0 Å². The van der Waals surface area contributed by atoms with Gasteiger partial charge < -0.3 is 15.0 Å². The number of hydrogen-bond donors (Lipinski definition) is 1. The summed E-state index contributed by atoms with van der Waals surface area (Å²) in [7, 11) is 0. The third-order valence-electron chi connectivity index (χ3n) is 3.07. The molecule has 19 heavy (non-hydrogen) atoms. The lowest BCUT2D eigenvalue weighted by molar-refractivity contribution is -0.136. The number of nitrogens with zero attached hydrogens (tertiary/aromatic N) is 1. The highest BCUT2D eigenvalue weighted by Crippen LogP contribution is 2.27. The fraction of sp³-hybridized carbons (Fsp3) is 0.462. The van der Waals surface area contributed by atoms with Crippen LogP contribution in [-0.2, 0) is 4.79 Å². The third kappa shape index (κ3) is 3.84. The Morgan fingerprint density at radius 2 is 2.42 bits per heavy atom. The lowest BCUT2D eigenvalue weighted by Crippen LogP contribution is -2.53. The molecule has 1 fully saturated rings. The molecule has 0 radical (unpaired) electrons. The summed E-state index contributed by atoms with van der Waals surface area (Å²) < 4.78 is 6.37.